The molecule has 0 saturated carbocycles. The summed E-state index contributed by atoms with van der Waals surface area (Å²) in [6, 6.07) is 0. The van der Waals surface area contributed by atoms with Crippen molar-refractivity contribution in [2.24, 2.45) is 0 Å². The molecule has 0 saturated heterocycles. The summed E-state index contributed by atoms with van der Waals surface area (Å²) in [5, 5.41) is 9.49. The van der Waals surface area contributed by atoms with Gasteiger partial charge in [0.15, 0.2) is 0 Å². The first-order valence-corrected chi connectivity index (χ1v) is 5.96. The number of hydrogen-bond donors (Lipinski definition) is 1. The zero-order valence-corrected chi connectivity index (χ0v) is 11.5. The monoisotopic (exact) mass is 228 g/mol. The smallest absolute Gasteiger partial charge is 0.0800 e. The van der Waals surface area contributed by atoms with Crippen LogP contribution in [0.25, 0.3) is 0 Å². The van der Waals surface area contributed by atoms with Gasteiger partial charge in [-0.2, -0.15) is 0 Å². The van der Waals surface area contributed by atoms with Gasteiger partial charge >= 0.3 is 0 Å². The molecule has 0 rings (SSSR count). The molecule has 0 aromatic rings. The van der Waals surface area contributed by atoms with Crippen molar-refractivity contribution in [2.75, 3.05) is 13.2 Å². The summed E-state index contributed by atoms with van der Waals surface area (Å²) in [5.74, 6) is 0. The number of aliphatic hydroxyl groups is 1. The minimum atomic E-state index is -0.702. The number of rotatable bonds is 6. The van der Waals surface area contributed by atoms with Crippen molar-refractivity contribution < 1.29 is 9.84 Å². The first kappa shape index (κ1) is 17.8. The minimum absolute atomic E-state index is 0.702. The molecule has 1 unspecified atom stereocenters. The maximum Gasteiger partial charge on any atom is 0.0800 e. The Balaban J connectivity index is 0. The maximum absolute atomic E-state index is 9.49. The summed E-state index contributed by atoms with van der Waals surface area (Å²) in [5.41, 5.74) is 0.594. The summed E-state index contributed by atoms with van der Waals surface area (Å²) in [6.07, 6.45) is 5.38. The van der Waals surface area contributed by atoms with Crippen LogP contribution >= 0.6 is 0 Å². The molecule has 0 aromatic heterocycles. The number of allylic oxidation sites excluding steroid dienone is 2. The molecule has 0 radical (unpaired) electrons. The van der Waals surface area contributed by atoms with Gasteiger partial charge in [-0.1, -0.05) is 17.7 Å². The Morgan fingerprint density at radius 1 is 1.31 bits per heavy atom. The van der Waals surface area contributed by atoms with Gasteiger partial charge < -0.3 is 9.84 Å². The van der Waals surface area contributed by atoms with Crippen LogP contribution in [0.2, 0.25) is 0 Å². The van der Waals surface area contributed by atoms with Crippen LogP contribution in [0, 0.1) is 0 Å². The van der Waals surface area contributed by atoms with Gasteiger partial charge in [-0.15, -0.1) is 6.58 Å². The van der Waals surface area contributed by atoms with Crippen LogP contribution in [0.4, 0.5) is 0 Å². The van der Waals surface area contributed by atoms with Crippen molar-refractivity contribution in [3.05, 3.63) is 24.3 Å². The third-order valence-corrected chi connectivity index (χ3v) is 2.05. The molecule has 0 bridgehead atoms. The van der Waals surface area contributed by atoms with Crippen LogP contribution in [-0.2, 0) is 4.74 Å². The lowest BCUT2D eigenvalue weighted by molar-refractivity contribution is 0.103. The Morgan fingerprint density at radius 3 is 2.06 bits per heavy atom. The van der Waals surface area contributed by atoms with Crippen LogP contribution in [0.5, 0.6) is 0 Å². The molecule has 2 heteroatoms. The first-order chi connectivity index (χ1) is 7.39. The van der Waals surface area contributed by atoms with Crippen LogP contribution in [0.1, 0.15) is 47.5 Å². The Hall–Kier alpha value is -0.600. The van der Waals surface area contributed by atoms with Crippen molar-refractivity contribution in [3.8, 4) is 0 Å². The zero-order chi connectivity index (χ0) is 13.0. The molecule has 96 valence electrons. The molecule has 16 heavy (non-hydrogen) atoms. The fraction of sp³-hybridized carbons (Fsp3) is 0.714. The van der Waals surface area contributed by atoms with E-state index in [9.17, 15) is 5.11 Å². The van der Waals surface area contributed by atoms with Crippen molar-refractivity contribution in [1.82, 2.24) is 0 Å². The molecular formula is C14H28O2. The van der Waals surface area contributed by atoms with E-state index in [0.29, 0.717) is 0 Å². The molecule has 0 aromatic carbocycles. The van der Waals surface area contributed by atoms with Gasteiger partial charge in [0.2, 0.25) is 0 Å². The largest absolute Gasteiger partial charge is 0.386 e. The topological polar surface area (TPSA) is 29.5 Å². The van der Waals surface area contributed by atoms with Crippen molar-refractivity contribution in [1.29, 1.82) is 0 Å². The second kappa shape index (κ2) is 10.9. The molecule has 1 atom stereocenters. The first-order valence-electron chi connectivity index (χ1n) is 5.96. The SMILES string of the molecule is C=CC(C)(O)CCC=C(C)C.CCOCC. The van der Waals surface area contributed by atoms with Gasteiger partial charge in [0.1, 0.15) is 0 Å². The molecule has 0 spiro atoms. The number of ether oxygens (including phenoxy) is 1. The Morgan fingerprint density at radius 2 is 1.81 bits per heavy atom. The molecule has 1 N–H and O–H groups in total. The van der Waals surface area contributed by atoms with Crippen LogP contribution in [0.3, 0.4) is 0 Å². The van der Waals surface area contributed by atoms with Crippen LogP contribution in [0.15, 0.2) is 24.3 Å². The van der Waals surface area contributed by atoms with Gasteiger partial charge in [-0.05, 0) is 47.5 Å². The van der Waals surface area contributed by atoms with Crippen molar-refractivity contribution in [3.63, 3.8) is 0 Å². The summed E-state index contributed by atoms with van der Waals surface area (Å²) in [4.78, 5) is 0. The van der Waals surface area contributed by atoms with E-state index in [4.69, 9.17) is 4.74 Å². The molecule has 0 amide bonds. The third kappa shape index (κ3) is 15.9. The van der Waals surface area contributed by atoms with Crippen molar-refractivity contribution >= 4 is 0 Å². The average molecular weight is 228 g/mol. The van der Waals surface area contributed by atoms with Gasteiger partial charge in [-0.3, -0.25) is 0 Å². The average Bonchev–Trinajstić information content (AvgIpc) is 2.19. The van der Waals surface area contributed by atoms with E-state index in [1.54, 1.807) is 13.0 Å². The number of hydrogen-bond acceptors (Lipinski definition) is 2. The summed E-state index contributed by atoms with van der Waals surface area (Å²) < 4.78 is 4.83. The van der Waals surface area contributed by atoms with Gasteiger partial charge in [-0.25, -0.2) is 0 Å². The molecule has 0 aliphatic rings. The highest BCUT2D eigenvalue weighted by Gasteiger charge is 2.12. The molecule has 0 aliphatic heterocycles. The van der Waals surface area contributed by atoms with Gasteiger partial charge in [0, 0.05) is 13.2 Å². The quantitative estimate of drug-likeness (QED) is 0.702. The summed E-state index contributed by atoms with van der Waals surface area (Å²) >= 11 is 0. The van der Waals surface area contributed by atoms with Crippen LogP contribution < -0.4 is 0 Å². The van der Waals surface area contributed by atoms with Gasteiger partial charge in [0.05, 0.1) is 5.60 Å². The molecule has 0 heterocycles. The van der Waals surface area contributed by atoms with E-state index in [2.05, 4.69) is 26.5 Å². The lowest BCUT2D eigenvalue weighted by Crippen LogP contribution is -2.19. The minimum Gasteiger partial charge on any atom is -0.386 e. The highest BCUT2D eigenvalue weighted by molar-refractivity contribution is 4.97. The van der Waals surface area contributed by atoms with E-state index in [-0.39, 0.29) is 0 Å². The fourth-order valence-corrected chi connectivity index (χ4v) is 0.959. The second-order valence-corrected chi connectivity index (χ2v) is 4.16. The summed E-state index contributed by atoms with van der Waals surface area (Å²) in [7, 11) is 0. The Labute approximate surface area is 101 Å². The lowest BCUT2D eigenvalue weighted by Gasteiger charge is -2.16. The maximum atomic E-state index is 9.49. The predicted molar refractivity (Wildman–Crippen MR) is 71.7 cm³/mol. The Kier molecular flexibility index (Phi) is 12.1. The third-order valence-electron chi connectivity index (χ3n) is 2.05. The van der Waals surface area contributed by atoms with Crippen LogP contribution in [-0.4, -0.2) is 23.9 Å². The van der Waals surface area contributed by atoms with E-state index >= 15 is 0 Å². The molecule has 0 fully saturated rings. The second-order valence-electron chi connectivity index (χ2n) is 4.16. The van der Waals surface area contributed by atoms with E-state index < -0.39 is 5.60 Å². The highest BCUT2D eigenvalue weighted by Crippen LogP contribution is 2.13. The Bertz CT molecular complexity index is 187. The predicted octanol–water partition coefficient (Wildman–Crippen LogP) is 3.71. The summed E-state index contributed by atoms with van der Waals surface area (Å²) in [6.45, 7) is 15.1. The molecular weight excluding hydrogens is 200 g/mol. The fourth-order valence-electron chi connectivity index (χ4n) is 0.959. The molecule has 0 aliphatic carbocycles. The zero-order valence-electron chi connectivity index (χ0n) is 11.5. The highest BCUT2D eigenvalue weighted by atomic mass is 16.5. The van der Waals surface area contributed by atoms with E-state index in [0.717, 1.165) is 26.1 Å². The molecule has 2 nitrogen and oxygen atoms in total. The lowest BCUT2D eigenvalue weighted by atomic mass is 10.00. The van der Waals surface area contributed by atoms with Crippen molar-refractivity contribution in [2.45, 2.75) is 53.1 Å². The standard InChI is InChI=1S/C10H18O.C4H10O/c1-5-10(4,11)8-6-7-9(2)3;1-3-5-4-2/h5,7,11H,1,6,8H2,2-4H3;3-4H2,1-2H3. The van der Waals surface area contributed by atoms with Gasteiger partial charge in [0.25, 0.3) is 0 Å². The van der Waals surface area contributed by atoms with E-state index in [1.807, 2.05) is 13.8 Å². The normalized spacial score (nSPS) is 13.1. The van der Waals surface area contributed by atoms with E-state index in [1.165, 1.54) is 5.57 Å².